The van der Waals surface area contributed by atoms with E-state index >= 15 is 0 Å². The van der Waals surface area contributed by atoms with E-state index in [4.69, 9.17) is 11.6 Å². The summed E-state index contributed by atoms with van der Waals surface area (Å²) in [5, 5.41) is -0.114. The largest absolute Gasteiger partial charge is 0.335 e. The minimum Gasteiger partial charge on any atom is -0.335 e. The molecular formula is C21H16ClF4N. The molecule has 0 N–H and O–H groups in total. The molecule has 0 fully saturated rings. The SMILES string of the molecule is C=C1C(C)=CC(c2ccccc2)=C(c2c(F)cc(Cl)cc2F)N1CC(F)F. The molecule has 0 aliphatic carbocycles. The maximum Gasteiger partial charge on any atom is 0.256 e. The summed E-state index contributed by atoms with van der Waals surface area (Å²) >= 11 is 5.73. The first-order chi connectivity index (χ1) is 12.8. The zero-order valence-corrected chi connectivity index (χ0v) is 15.2. The highest BCUT2D eigenvalue weighted by atomic mass is 35.5. The zero-order chi connectivity index (χ0) is 19.7. The first-order valence-corrected chi connectivity index (χ1v) is 8.55. The predicted octanol–water partition coefficient (Wildman–Crippen LogP) is 6.53. The Morgan fingerprint density at radius 3 is 2.22 bits per heavy atom. The van der Waals surface area contributed by atoms with E-state index in [-0.39, 0.29) is 16.4 Å². The minimum absolute atomic E-state index is 0.00349. The molecule has 1 nitrogen and oxygen atoms in total. The maximum atomic E-state index is 14.7. The van der Waals surface area contributed by atoms with Gasteiger partial charge in [0.15, 0.2) is 0 Å². The van der Waals surface area contributed by atoms with Gasteiger partial charge in [0.2, 0.25) is 0 Å². The van der Waals surface area contributed by atoms with Crippen LogP contribution in [0.1, 0.15) is 18.1 Å². The minimum atomic E-state index is -2.72. The van der Waals surface area contributed by atoms with Gasteiger partial charge < -0.3 is 4.90 Å². The monoisotopic (exact) mass is 393 g/mol. The van der Waals surface area contributed by atoms with Gasteiger partial charge in [-0.05, 0) is 36.3 Å². The van der Waals surface area contributed by atoms with Gasteiger partial charge in [-0.15, -0.1) is 0 Å². The third-order valence-electron chi connectivity index (χ3n) is 4.32. The Morgan fingerprint density at radius 1 is 1.07 bits per heavy atom. The molecule has 0 bridgehead atoms. The standard InChI is InChI=1S/C21H16ClF4N/c1-12-8-16(14-6-4-3-5-7-14)21(27(13(12)2)11-19(25)26)20-17(23)9-15(22)10-18(20)24/h3-10,19H,2,11H2,1H3. The third kappa shape index (κ3) is 3.78. The van der Waals surface area contributed by atoms with Crippen molar-refractivity contribution in [2.45, 2.75) is 13.3 Å². The molecule has 1 heterocycles. The van der Waals surface area contributed by atoms with Gasteiger partial charge in [-0.1, -0.05) is 48.5 Å². The average molecular weight is 394 g/mol. The maximum absolute atomic E-state index is 14.7. The van der Waals surface area contributed by atoms with Crippen LogP contribution in [0, 0.1) is 11.6 Å². The zero-order valence-electron chi connectivity index (χ0n) is 14.4. The molecule has 6 heteroatoms. The van der Waals surface area contributed by atoms with Crippen molar-refractivity contribution >= 4 is 22.9 Å². The summed E-state index contributed by atoms with van der Waals surface area (Å²) in [5.41, 5.74) is 1.56. The lowest BCUT2D eigenvalue weighted by Gasteiger charge is -2.35. The van der Waals surface area contributed by atoms with Crippen LogP contribution >= 0.6 is 11.6 Å². The fourth-order valence-corrected chi connectivity index (χ4v) is 3.27. The molecule has 1 aliphatic heterocycles. The molecule has 140 valence electrons. The highest BCUT2D eigenvalue weighted by Crippen LogP contribution is 2.41. The first-order valence-electron chi connectivity index (χ1n) is 8.17. The van der Waals surface area contributed by atoms with Crippen LogP contribution in [0.5, 0.6) is 0 Å². The molecule has 0 amide bonds. The summed E-state index contributed by atoms with van der Waals surface area (Å²) in [6, 6.07) is 10.7. The third-order valence-corrected chi connectivity index (χ3v) is 4.53. The predicted molar refractivity (Wildman–Crippen MR) is 100 cm³/mol. The van der Waals surface area contributed by atoms with Crippen LogP contribution in [-0.2, 0) is 0 Å². The van der Waals surface area contributed by atoms with E-state index in [1.807, 2.05) is 0 Å². The molecule has 0 saturated carbocycles. The van der Waals surface area contributed by atoms with Crippen LogP contribution < -0.4 is 0 Å². The Balaban J connectivity index is 2.36. The van der Waals surface area contributed by atoms with Crippen LogP contribution in [0.4, 0.5) is 17.6 Å². The van der Waals surface area contributed by atoms with Crippen molar-refractivity contribution in [3.63, 3.8) is 0 Å². The van der Waals surface area contributed by atoms with Gasteiger partial charge in [0.1, 0.15) is 11.6 Å². The molecule has 1 aliphatic rings. The van der Waals surface area contributed by atoms with Crippen LogP contribution in [0.25, 0.3) is 11.3 Å². The highest BCUT2D eigenvalue weighted by Gasteiger charge is 2.30. The molecule has 3 rings (SSSR count). The van der Waals surface area contributed by atoms with E-state index in [1.165, 1.54) is 0 Å². The Kier molecular flexibility index (Phi) is 5.42. The quantitative estimate of drug-likeness (QED) is 0.534. The molecule has 0 unspecified atom stereocenters. The molecule has 0 aromatic heterocycles. The lowest BCUT2D eigenvalue weighted by Crippen LogP contribution is -2.30. The fourth-order valence-electron chi connectivity index (χ4n) is 3.08. The first kappa shape index (κ1) is 19.2. The van der Waals surface area contributed by atoms with E-state index in [0.29, 0.717) is 16.7 Å². The van der Waals surface area contributed by atoms with E-state index in [1.54, 1.807) is 43.3 Å². The van der Waals surface area contributed by atoms with Crippen molar-refractivity contribution in [3.8, 4) is 0 Å². The number of hydrogen-bond donors (Lipinski definition) is 0. The van der Waals surface area contributed by atoms with E-state index in [9.17, 15) is 17.6 Å². The van der Waals surface area contributed by atoms with Gasteiger partial charge in [0.05, 0.1) is 17.8 Å². The number of allylic oxidation sites excluding steroid dienone is 3. The van der Waals surface area contributed by atoms with Crippen molar-refractivity contribution in [1.29, 1.82) is 0 Å². The van der Waals surface area contributed by atoms with Crippen LogP contribution in [-0.4, -0.2) is 17.9 Å². The van der Waals surface area contributed by atoms with Crippen LogP contribution in [0.15, 0.2) is 66.4 Å². The van der Waals surface area contributed by atoms with E-state index in [2.05, 4.69) is 6.58 Å². The molecular weight excluding hydrogens is 378 g/mol. The number of hydrogen-bond acceptors (Lipinski definition) is 1. The number of benzene rings is 2. The molecule has 2 aromatic carbocycles. The molecule has 0 radical (unpaired) electrons. The summed E-state index contributed by atoms with van der Waals surface area (Å²) in [6.45, 7) is 4.81. The second-order valence-electron chi connectivity index (χ2n) is 6.15. The number of halogens is 5. The number of rotatable bonds is 4. The second-order valence-corrected chi connectivity index (χ2v) is 6.58. The molecule has 27 heavy (non-hydrogen) atoms. The smallest absolute Gasteiger partial charge is 0.256 e. The Morgan fingerprint density at radius 2 is 1.67 bits per heavy atom. The normalized spacial score (nSPS) is 14.9. The van der Waals surface area contributed by atoms with Crippen LogP contribution in [0.3, 0.4) is 0 Å². The van der Waals surface area contributed by atoms with Gasteiger partial charge in [0, 0.05) is 16.3 Å². The number of nitrogens with zero attached hydrogens (tertiary/aromatic N) is 1. The lowest BCUT2D eigenvalue weighted by atomic mass is 9.91. The van der Waals surface area contributed by atoms with Crippen molar-refractivity contribution in [2.24, 2.45) is 0 Å². The van der Waals surface area contributed by atoms with Gasteiger partial charge >= 0.3 is 0 Å². The molecule has 0 saturated heterocycles. The topological polar surface area (TPSA) is 3.24 Å². The van der Waals surface area contributed by atoms with Gasteiger partial charge in [-0.2, -0.15) is 0 Å². The fraction of sp³-hybridized carbons (Fsp3) is 0.143. The summed E-state index contributed by atoms with van der Waals surface area (Å²) < 4.78 is 55.9. The summed E-state index contributed by atoms with van der Waals surface area (Å²) in [5.74, 6) is -1.85. The average Bonchev–Trinajstić information content (AvgIpc) is 2.60. The van der Waals surface area contributed by atoms with Crippen molar-refractivity contribution in [1.82, 2.24) is 4.90 Å². The van der Waals surface area contributed by atoms with Gasteiger partial charge in [-0.3, -0.25) is 0 Å². The molecule has 0 spiro atoms. The Labute approximate surface area is 159 Å². The summed E-state index contributed by atoms with van der Waals surface area (Å²) in [4.78, 5) is 1.16. The van der Waals surface area contributed by atoms with Crippen molar-refractivity contribution in [2.75, 3.05) is 6.54 Å². The Bertz CT molecular complexity index is 925. The van der Waals surface area contributed by atoms with E-state index in [0.717, 1.165) is 17.0 Å². The van der Waals surface area contributed by atoms with Crippen LogP contribution in [0.2, 0.25) is 5.02 Å². The van der Waals surface area contributed by atoms with Crippen molar-refractivity contribution in [3.05, 3.63) is 94.2 Å². The summed E-state index contributed by atoms with van der Waals surface area (Å²) in [7, 11) is 0. The highest BCUT2D eigenvalue weighted by molar-refractivity contribution is 6.30. The van der Waals surface area contributed by atoms with Gasteiger partial charge in [0.25, 0.3) is 6.43 Å². The molecule has 2 aromatic rings. The second kappa shape index (κ2) is 7.61. The lowest BCUT2D eigenvalue weighted by molar-refractivity contribution is 0.123. The summed E-state index contributed by atoms with van der Waals surface area (Å²) in [6.07, 6.45) is -1.03. The Hall–Kier alpha value is -2.53. The van der Waals surface area contributed by atoms with Gasteiger partial charge in [-0.25, -0.2) is 17.6 Å². The molecule has 0 atom stereocenters. The number of alkyl halides is 2. The van der Waals surface area contributed by atoms with Crippen molar-refractivity contribution < 1.29 is 17.6 Å². The van der Waals surface area contributed by atoms with E-state index < -0.39 is 30.2 Å².